The van der Waals surface area contributed by atoms with E-state index in [0.717, 1.165) is 12.2 Å². The number of amides is 1. The zero-order chi connectivity index (χ0) is 15.4. The molecule has 108 valence electrons. The number of hydrogen-bond acceptors (Lipinski definition) is 4. The number of nitrogens with one attached hydrogen (secondary N) is 1. The Morgan fingerprint density at radius 3 is 2.57 bits per heavy atom. The number of anilines is 1. The minimum Gasteiger partial charge on any atom is -0.359 e. The zero-order valence-corrected chi connectivity index (χ0v) is 12.3. The Balaban J connectivity index is 2.34. The number of nitrogens with zero attached hydrogens (tertiary/aromatic N) is 3. The minimum absolute atomic E-state index is 0.0569. The van der Waals surface area contributed by atoms with Crippen molar-refractivity contribution in [1.82, 2.24) is 5.32 Å². The molecule has 0 spiro atoms. The van der Waals surface area contributed by atoms with Gasteiger partial charge in [0, 0.05) is 19.3 Å². The van der Waals surface area contributed by atoms with Crippen LogP contribution >= 0.6 is 0 Å². The zero-order valence-electron chi connectivity index (χ0n) is 12.3. The van der Waals surface area contributed by atoms with Gasteiger partial charge in [0.05, 0.1) is 11.1 Å². The SMILES string of the molecule is CNC(=O)C(C)N(CC1CC1)c1ccc(C#N)c(C#N)c1. The molecule has 0 bridgehead atoms. The molecule has 0 aliphatic heterocycles. The van der Waals surface area contributed by atoms with Crippen LogP contribution in [-0.2, 0) is 4.79 Å². The first kappa shape index (κ1) is 14.9. The van der Waals surface area contributed by atoms with E-state index in [0.29, 0.717) is 17.0 Å². The second-order valence-electron chi connectivity index (χ2n) is 5.34. The van der Waals surface area contributed by atoms with E-state index in [4.69, 9.17) is 10.5 Å². The van der Waals surface area contributed by atoms with E-state index in [2.05, 4.69) is 5.32 Å². The molecule has 1 aromatic rings. The van der Waals surface area contributed by atoms with Crippen molar-refractivity contribution < 1.29 is 4.79 Å². The molecule has 1 unspecified atom stereocenters. The van der Waals surface area contributed by atoms with Gasteiger partial charge in [-0.1, -0.05) is 0 Å². The molecule has 0 heterocycles. The summed E-state index contributed by atoms with van der Waals surface area (Å²) in [7, 11) is 1.62. The molecule has 1 aromatic carbocycles. The highest BCUT2D eigenvalue weighted by atomic mass is 16.2. The van der Waals surface area contributed by atoms with Gasteiger partial charge < -0.3 is 10.2 Å². The van der Waals surface area contributed by atoms with Crippen molar-refractivity contribution in [3.63, 3.8) is 0 Å². The normalized spacial score (nSPS) is 14.7. The Morgan fingerprint density at radius 1 is 1.38 bits per heavy atom. The van der Waals surface area contributed by atoms with E-state index >= 15 is 0 Å². The first-order valence-electron chi connectivity index (χ1n) is 7.03. The molecule has 1 amide bonds. The molecular weight excluding hydrogens is 264 g/mol. The largest absolute Gasteiger partial charge is 0.359 e. The lowest BCUT2D eigenvalue weighted by Gasteiger charge is -2.30. The molecule has 0 aromatic heterocycles. The van der Waals surface area contributed by atoms with Crippen molar-refractivity contribution in [3.8, 4) is 12.1 Å². The lowest BCUT2D eigenvalue weighted by molar-refractivity contribution is -0.121. The third kappa shape index (κ3) is 3.32. The van der Waals surface area contributed by atoms with Crippen LogP contribution in [0.2, 0.25) is 0 Å². The molecule has 1 N–H and O–H groups in total. The molecule has 1 aliphatic rings. The van der Waals surface area contributed by atoms with Crippen LogP contribution in [0, 0.1) is 28.6 Å². The quantitative estimate of drug-likeness (QED) is 0.892. The van der Waals surface area contributed by atoms with E-state index in [-0.39, 0.29) is 11.9 Å². The van der Waals surface area contributed by atoms with Gasteiger partial charge >= 0.3 is 0 Å². The van der Waals surface area contributed by atoms with Crippen LogP contribution in [-0.4, -0.2) is 25.5 Å². The molecule has 5 nitrogen and oxygen atoms in total. The predicted molar refractivity (Wildman–Crippen MR) is 79.5 cm³/mol. The highest BCUT2D eigenvalue weighted by Gasteiger charge is 2.29. The van der Waals surface area contributed by atoms with Crippen molar-refractivity contribution in [2.24, 2.45) is 5.92 Å². The van der Waals surface area contributed by atoms with Gasteiger partial charge in [0.1, 0.15) is 18.2 Å². The molecule has 1 atom stereocenters. The lowest BCUT2D eigenvalue weighted by atomic mass is 10.1. The summed E-state index contributed by atoms with van der Waals surface area (Å²) in [4.78, 5) is 13.9. The molecule has 0 saturated heterocycles. The van der Waals surface area contributed by atoms with Crippen molar-refractivity contribution >= 4 is 11.6 Å². The third-order valence-corrected chi connectivity index (χ3v) is 3.82. The summed E-state index contributed by atoms with van der Waals surface area (Å²) >= 11 is 0. The molecule has 21 heavy (non-hydrogen) atoms. The number of rotatable bonds is 5. The summed E-state index contributed by atoms with van der Waals surface area (Å²) in [6.45, 7) is 2.65. The van der Waals surface area contributed by atoms with E-state index in [1.807, 2.05) is 24.0 Å². The minimum atomic E-state index is -0.310. The van der Waals surface area contributed by atoms with Crippen LogP contribution in [0.25, 0.3) is 0 Å². The maximum absolute atomic E-state index is 11.9. The predicted octanol–water partition coefficient (Wildman–Crippen LogP) is 1.78. The smallest absolute Gasteiger partial charge is 0.242 e. The topological polar surface area (TPSA) is 79.9 Å². The van der Waals surface area contributed by atoms with E-state index in [1.165, 1.54) is 12.8 Å². The van der Waals surface area contributed by atoms with E-state index < -0.39 is 0 Å². The number of carbonyl (C=O) groups excluding carboxylic acids is 1. The average molecular weight is 282 g/mol. The highest BCUT2D eigenvalue weighted by Crippen LogP contribution is 2.33. The Labute approximate surface area is 124 Å². The summed E-state index contributed by atoms with van der Waals surface area (Å²) in [5.74, 6) is 0.553. The fraction of sp³-hybridized carbons (Fsp3) is 0.438. The number of nitriles is 2. The van der Waals surface area contributed by atoms with Crippen LogP contribution in [0.3, 0.4) is 0 Å². The number of hydrogen-bond donors (Lipinski definition) is 1. The maximum atomic E-state index is 11.9. The third-order valence-electron chi connectivity index (χ3n) is 3.82. The van der Waals surface area contributed by atoms with Gasteiger partial charge in [-0.15, -0.1) is 0 Å². The Hall–Kier alpha value is -2.53. The van der Waals surface area contributed by atoms with E-state index in [1.54, 1.807) is 25.2 Å². The fourth-order valence-electron chi connectivity index (χ4n) is 2.32. The van der Waals surface area contributed by atoms with Crippen LogP contribution < -0.4 is 10.2 Å². The number of benzene rings is 1. The van der Waals surface area contributed by atoms with Crippen LogP contribution in [0.4, 0.5) is 5.69 Å². The molecule has 1 fully saturated rings. The molecule has 0 radical (unpaired) electrons. The van der Waals surface area contributed by atoms with Gasteiger partial charge in [-0.3, -0.25) is 4.79 Å². The highest BCUT2D eigenvalue weighted by molar-refractivity contribution is 5.84. The Kier molecular flexibility index (Phi) is 4.45. The van der Waals surface area contributed by atoms with Gasteiger partial charge in [0.2, 0.25) is 5.91 Å². The van der Waals surface area contributed by atoms with Crippen molar-refractivity contribution in [2.75, 3.05) is 18.5 Å². The fourth-order valence-corrected chi connectivity index (χ4v) is 2.32. The number of carbonyl (C=O) groups is 1. The second kappa shape index (κ2) is 6.28. The first-order valence-corrected chi connectivity index (χ1v) is 7.03. The standard InChI is InChI=1S/C16H18N4O/c1-11(16(21)19-2)20(10-12-3-4-12)15-6-5-13(8-17)14(7-15)9-18/h5-7,11-12H,3-4,10H2,1-2H3,(H,19,21). The van der Waals surface area contributed by atoms with Gasteiger partial charge in [0.15, 0.2) is 0 Å². The summed E-state index contributed by atoms with van der Waals surface area (Å²) in [5.41, 5.74) is 1.52. The summed E-state index contributed by atoms with van der Waals surface area (Å²) in [5, 5.41) is 20.8. The van der Waals surface area contributed by atoms with Gasteiger partial charge in [-0.05, 0) is 43.9 Å². The molecular formula is C16H18N4O. The molecule has 2 rings (SSSR count). The lowest BCUT2D eigenvalue weighted by Crippen LogP contribution is -2.45. The average Bonchev–Trinajstić information content (AvgIpc) is 3.34. The number of likely N-dealkylation sites (N-methyl/N-ethyl adjacent to an activating group) is 1. The van der Waals surface area contributed by atoms with Crippen LogP contribution in [0.15, 0.2) is 18.2 Å². The van der Waals surface area contributed by atoms with Crippen LogP contribution in [0.1, 0.15) is 30.9 Å². The summed E-state index contributed by atoms with van der Waals surface area (Å²) in [6, 6.07) is 8.89. The van der Waals surface area contributed by atoms with Gasteiger partial charge in [-0.2, -0.15) is 10.5 Å². The summed E-state index contributed by atoms with van der Waals surface area (Å²) < 4.78 is 0. The van der Waals surface area contributed by atoms with Gasteiger partial charge in [-0.25, -0.2) is 0 Å². The Bertz CT molecular complexity index is 622. The molecule has 1 aliphatic carbocycles. The van der Waals surface area contributed by atoms with Gasteiger partial charge in [0.25, 0.3) is 0 Å². The van der Waals surface area contributed by atoms with Crippen LogP contribution in [0.5, 0.6) is 0 Å². The van der Waals surface area contributed by atoms with Crippen molar-refractivity contribution in [2.45, 2.75) is 25.8 Å². The van der Waals surface area contributed by atoms with Crippen molar-refractivity contribution in [1.29, 1.82) is 10.5 Å². The Morgan fingerprint density at radius 2 is 2.05 bits per heavy atom. The molecule has 5 heteroatoms. The maximum Gasteiger partial charge on any atom is 0.242 e. The summed E-state index contributed by atoms with van der Waals surface area (Å²) in [6.07, 6.45) is 2.36. The van der Waals surface area contributed by atoms with E-state index in [9.17, 15) is 4.79 Å². The monoisotopic (exact) mass is 282 g/mol. The van der Waals surface area contributed by atoms with Crippen molar-refractivity contribution in [3.05, 3.63) is 29.3 Å². The first-order chi connectivity index (χ1) is 10.1. The molecule has 1 saturated carbocycles. The second-order valence-corrected chi connectivity index (χ2v) is 5.34.